The van der Waals surface area contributed by atoms with Crippen molar-refractivity contribution in [2.45, 2.75) is 26.4 Å². The van der Waals surface area contributed by atoms with E-state index < -0.39 is 6.10 Å². The highest BCUT2D eigenvalue weighted by Crippen LogP contribution is 2.22. The molecule has 0 saturated carbocycles. The number of hydrogen-bond donors (Lipinski definition) is 3. The Bertz CT molecular complexity index is 236. The average Bonchev–Trinajstić information content (AvgIpc) is 2.32. The van der Waals surface area contributed by atoms with Crippen LogP contribution in [0.15, 0.2) is 6.20 Å². The van der Waals surface area contributed by atoms with E-state index in [9.17, 15) is 5.11 Å². The van der Waals surface area contributed by atoms with Crippen molar-refractivity contribution in [1.82, 2.24) is 4.98 Å². The van der Waals surface area contributed by atoms with Gasteiger partial charge in [-0.2, -0.15) is 0 Å². The predicted molar refractivity (Wildman–Crippen MR) is 48.9 cm³/mol. The third kappa shape index (κ3) is 1.68. The molecule has 12 heavy (non-hydrogen) atoms. The Labute approximate surface area is 72.6 Å². The zero-order valence-electron chi connectivity index (χ0n) is 7.59. The number of rotatable bonds is 3. The van der Waals surface area contributed by atoms with Gasteiger partial charge in [-0.1, -0.05) is 0 Å². The van der Waals surface area contributed by atoms with Crippen LogP contribution < -0.4 is 5.73 Å². The van der Waals surface area contributed by atoms with Crippen LogP contribution in [0.2, 0.25) is 0 Å². The minimum atomic E-state index is -0.416. The Balaban J connectivity index is 2.85. The molecule has 0 spiro atoms. The van der Waals surface area contributed by atoms with Gasteiger partial charge in [-0.05, 0) is 32.4 Å². The normalized spacial score (nSPS) is 13.3. The molecule has 1 aromatic rings. The van der Waals surface area contributed by atoms with Crippen molar-refractivity contribution in [3.05, 3.63) is 23.0 Å². The Kier molecular flexibility index (Phi) is 2.89. The fourth-order valence-corrected chi connectivity index (χ4v) is 1.48. The van der Waals surface area contributed by atoms with Gasteiger partial charge < -0.3 is 15.8 Å². The summed E-state index contributed by atoms with van der Waals surface area (Å²) in [5, 5.41) is 9.67. The molecule has 0 aliphatic heterocycles. The van der Waals surface area contributed by atoms with E-state index in [0.717, 1.165) is 16.8 Å². The van der Waals surface area contributed by atoms with Crippen LogP contribution >= 0.6 is 0 Å². The minimum absolute atomic E-state index is 0.416. The topological polar surface area (TPSA) is 62.0 Å². The minimum Gasteiger partial charge on any atom is -0.388 e. The zero-order valence-corrected chi connectivity index (χ0v) is 7.59. The quantitative estimate of drug-likeness (QED) is 0.631. The van der Waals surface area contributed by atoms with Crippen molar-refractivity contribution < 1.29 is 5.11 Å². The monoisotopic (exact) mass is 168 g/mol. The average molecular weight is 168 g/mol. The van der Waals surface area contributed by atoms with Gasteiger partial charge in [-0.25, -0.2) is 0 Å². The van der Waals surface area contributed by atoms with E-state index in [2.05, 4.69) is 4.98 Å². The highest BCUT2D eigenvalue weighted by molar-refractivity contribution is 5.30. The van der Waals surface area contributed by atoms with Crippen LogP contribution in [0.5, 0.6) is 0 Å². The fraction of sp³-hybridized carbons (Fsp3) is 0.556. The summed E-state index contributed by atoms with van der Waals surface area (Å²) in [6.45, 7) is 4.46. The summed E-state index contributed by atoms with van der Waals surface area (Å²) in [6, 6.07) is 0. The summed E-state index contributed by atoms with van der Waals surface area (Å²) < 4.78 is 0. The number of aliphatic hydroxyl groups is 1. The van der Waals surface area contributed by atoms with Crippen molar-refractivity contribution in [3.63, 3.8) is 0 Å². The maximum atomic E-state index is 9.67. The molecule has 68 valence electrons. The van der Waals surface area contributed by atoms with Gasteiger partial charge in [0.05, 0.1) is 6.10 Å². The van der Waals surface area contributed by atoms with Crippen LogP contribution in [-0.4, -0.2) is 16.6 Å². The molecular formula is C9H16N2O. The van der Waals surface area contributed by atoms with Crippen LogP contribution in [0.1, 0.15) is 29.3 Å². The molecule has 3 heteroatoms. The second kappa shape index (κ2) is 3.74. The Morgan fingerprint density at radius 2 is 2.25 bits per heavy atom. The van der Waals surface area contributed by atoms with E-state index >= 15 is 0 Å². The lowest BCUT2D eigenvalue weighted by molar-refractivity contribution is 0.169. The number of hydrogen-bond acceptors (Lipinski definition) is 2. The van der Waals surface area contributed by atoms with E-state index in [0.29, 0.717) is 13.0 Å². The van der Waals surface area contributed by atoms with Gasteiger partial charge in [-0.15, -0.1) is 0 Å². The van der Waals surface area contributed by atoms with E-state index in [1.54, 1.807) is 0 Å². The fourth-order valence-electron chi connectivity index (χ4n) is 1.48. The van der Waals surface area contributed by atoms with Crippen LogP contribution in [0, 0.1) is 13.8 Å². The highest BCUT2D eigenvalue weighted by Gasteiger charge is 2.13. The Morgan fingerprint density at radius 1 is 1.58 bits per heavy atom. The molecule has 4 N–H and O–H groups in total. The molecule has 0 aromatic carbocycles. The number of aromatic nitrogens is 1. The first kappa shape index (κ1) is 9.29. The van der Waals surface area contributed by atoms with E-state index in [1.165, 1.54) is 0 Å². The maximum absolute atomic E-state index is 9.67. The van der Waals surface area contributed by atoms with Gasteiger partial charge in [-0.3, -0.25) is 0 Å². The van der Waals surface area contributed by atoms with E-state index in [4.69, 9.17) is 5.73 Å². The summed E-state index contributed by atoms with van der Waals surface area (Å²) in [5.41, 5.74) is 8.51. The molecule has 0 aliphatic carbocycles. The lowest BCUT2D eigenvalue weighted by Gasteiger charge is -2.09. The Hall–Kier alpha value is -0.800. The summed E-state index contributed by atoms with van der Waals surface area (Å²) in [6.07, 6.45) is 2.12. The molecule has 1 atom stereocenters. The van der Waals surface area contributed by atoms with Gasteiger partial charge in [0.15, 0.2) is 0 Å². The van der Waals surface area contributed by atoms with Gasteiger partial charge >= 0.3 is 0 Å². The predicted octanol–water partition coefficient (Wildman–Crippen LogP) is 1.01. The standard InChI is InChI=1S/C9H16N2O/c1-6-5-11-7(2)9(6)8(12)3-4-10/h5,8,11-12H,3-4,10H2,1-2H3. The number of aryl methyl sites for hydroxylation is 2. The molecule has 0 saturated heterocycles. The van der Waals surface area contributed by atoms with Crippen LogP contribution in [0.4, 0.5) is 0 Å². The maximum Gasteiger partial charge on any atom is 0.0821 e. The third-order valence-corrected chi connectivity index (χ3v) is 2.11. The molecule has 0 fully saturated rings. The van der Waals surface area contributed by atoms with E-state index in [-0.39, 0.29) is 0 Å². The summed E-state index contributed by atoms with van der Waals surface area (Å²) in [5.74, 6) is 0. The zero-order chi connectivity index (χ0) is 9.14. The van der Waals surface area contributed by atoms with Crippen LogP contribution in [0.25, 0.3) is 0 Å². The molecule has 0 radical (unpaired) electrons. The molecule has 1 rings (SSSR count). The van der Waals surface area contributed by atoms with Crippen molar-refractivity contribution >= 4 is 0 Å². The van der Waals surface area contributed by atoms with E-state index in [1.807, 2.05) is 20.0 Å². The molecule has 0 aliphatic rings. The molecular weight excluding hydrogens is 152 g/mol. The molecule has 1 unspecified atom stereocenters. The third-order valence-electron chi connectivity index (χ3n) is 2.11. The lowest BCUT2D eigenvalue weighted by atomic mass is 10.0. The van der Waals surface area contributed by atoms with Gasteiger partial charge in [0.25, 0.3) is 0 Å². The second-order valence-corrected chi connectivity index (χ2v) is 3.10. The molecule has 1 aromatic heterocycles. The first-order valence-electron chi connectivity index (χ1n) is 4.19. The van der Waals surface area contributed by atoms with Crippen molar-refractivity contribution in [1.29, 1.82) is 0 Å². The highest BCUT2D eigenvalue weighted by atomic mass is 16.3. The van der Waals surface area contributed by atoms with Gasteiger partial charge in [0, 0.05) is 17.5 Å². The first-order valence-corrected chi connectivity index (χ1v) is 4.19. The summed E-state index contributed by atoms with van der Waals surface area (Å²) in [4.78, 5) is 3.08. The lowest BCUT2D eigenvalue weighted by Crippen LogP contribution is -2.07. The van der Waals surface area contributed by atoms with Crippen molar-refractivity contribution in [2.24, 2.45) is 5.73 Å². The van der Waals surface area contributed by atoms with Crippen LogP contribution in [-0.2, 0) is 0 Å². The van der Waals surface area contributed by atoms with Crippen molar-refractivity contribution in [2.75, 3.05) is 6.54 Å². The second-order valence-electron chi connectivity index (χ2n) is 3.10. The van der Waals surface area contributed by atoms with Crippen molar-refractivity contribution in [3.8, 4) is 0 Å². The summed E-state index contributed by atoms with van der Waals surface area (Å²) in [7, 11) is 0. The van der Waals surface area contributed by atoms with Gasteiger partial charge in [0.1, 0.15) is 0 Å². The molecule has 0 bridgehead atoms. The largest absolute Gasteiger partial charge is 0.388 e. The van der Waals surface area contributed by atoms with Crippen LogP contribution in [0.3, 0.4) is 0 Å². The number of aromatic amines is 1. The Morgan fingerprint density at radius 3 is 2.67 bits per heavy atom. The number of nitrogens with one attached hydrogen (secondary N) is 1. The first-order chi connectivity index (χ1) is 5.66. The molecule has 3 nitrogen and oxygen atoms in total. The number of nitrogens with two attached hydrogens (primary N) is 1. The smallest absolute Gasteiger partial charge is 0.0821 e. The number of aliphatic hydroxyl groups excluding tert-OH is 1. The SMILES string of the molecule is Cc1c[nH]c(C)c1C(O)CCN. The molecule has 0 amide bonds. The number of H-pyrrole nitrogens is 1. The summed E-state index contributed by atoms with van der Waals surface area (Å²) >= 11 is 0. The molecule has 1 heterocycles. The van der Waals surface area contributed by atoms with Gasteiger partial charge in [0.2, 0.25) is 0 Å².